The summed E-state index contributed by atoms with van der Waals surface area (Å²) >= 11 is 0. The van der Waals surface area contributed by atoms with Crippen molar-refractivity contribution >= 4 is 23.3 Å². The number of anilines is 1. The molecular formula is C24H21NO4. The largest absolute Gasteiger partial charge is 0.454 e. The smallest absolute Gasteiger partial charge is 0.340 e. The first-order valence-corrected chi connectivity index (χ1v) is 9.18. The maximum Gasteiger partial charge on any atom is 0.340 e. The number of amides is 1. The van der Waals surface area contributed by atoms with Gasteiger partial charge in [-0.25, -0.2) is 4.79 Å². The quantitative estimate of drug-likeness (QED) is 0.496. The van der Waals surface area contributed by atoms with Crippen molar-refractivity contribution in [3.63, 3.8) is 0 Å². The molecule has 5 heteroatoms. The van der Waals surface area contributed by atoms with Crippen molar-refractivity contribution in [1.29, 1.82) is 0 Å². The predicted octanol–water partition coefficient (Wildman–Crippen LogP) is 4.60. The highest BCUT2D eigenvalue weighted by Gasteiger charge is 2.17. The van der Waals surface area contributed by atoms with E-state index in [0.717, 1.165) is 11.1 Å². The molecule has 0 saturated carbocycles. The zero-order chi connectivity index (χ0) is 20.8. The van der Waals surface area contributed by atoms with Crippen LogP contribution in [0.15, 0.2) is 72.8 Å². The molecular weight excluding hydrogens is 366 g/mol. The van der Waals surface area contributed by atoms with Gasteiger partial charge in [-0.2, -0.15) is 0 Å². The third-order valence-electron chi connectivity index (χ3n) is 4.45. The number of para-hydroxylation sites is 1. The van der Waals surface area contributed by atoms with E-state index in [-0.39, 0.29) is 23.9 Å². The highest BCUT2D eigenvalue weighted by Crippen LogP contribution is 2.18. The number of rotatable bonds is 6. The number of ether oxygens (including phenoxy) is 1. The number of aryl methyl sites for hydroxylation is 2. The molecule has 0 radical (unpaired) electrons. The molecule has 0 aliphatic carbocycles. The fraction of sp³-hybridized carbons (Fsp3) is 0.125. The lowest BCUT2D eigenvalue weighted by Gasteiger charge is -2.11. The first kappa shape index (κ1) is 20.0. The number of carbonyl (C=O) groups is 3. The minimum Gasteiger partial charge on any atom is -0.454 e. The Morgan fingerprint density at radius 2 is 1.52 bits per heavy atom. The number of esters is 1. The average Bonchev–Trinajstić information content (AvgIpc) is 2.72. The van der Waals surface area contributed by atoms with Gasteiger partial charge in [0.15, 0.2) is 6.61 Å². The summed E-state index contributed by atoms with van der Waals surface area (Å²) < 4.78 is 5.22. The minimum atomic E-state index is -0.674. The highest BCUT2D eigenvalue weighted by atomic mass is 16.5. The molecule has 146 valence electrons. The standard InChI is InChI=1S/C24H21NO4/c1-16-12-13-19(17(2)14-16)22(26)15-29-24(28)20-10-6-7-11-21(20)25-23(27)18-8-4-3-5-9-18/h3-14H,15H2,1-2H3,(H,25,27). The second-order valence-electron chi connectivity index (χ2n) is 6.68. The second kappa shape index (κ2) is 8.97. The van der Waals surface area contributed by atoms with Crippen LogP contribution >= 0.6 is 0 Å². The Kier molecular flexibility index (Phi) is 6.19. The molecule has 0 aromatic heterocycles. The number of hydrogen-bond donors (Lipinski definition) is 1. The molecule has 1 N–H and O–H groups in total. The number of hydrogen-bond acceptors (Lipinski definition) is 4. The predicted molar refractivity (Wildman–Crippen MR) is 111 cm³/mol. The lowest BCUT2D eigenvalue weighted by atomic mass is 10.0. The normalized spacial score (nSPS) is 10.3. The van der Waals surface area contributed by atoms with Crippen molar-refractivity contribution in [1.82, 2.24) is 0 Å². The Balaban J connectivity index is 1.70. The molecule has 0 spiro atoms. The molecule has 0 atom stereocenters. The molecule has 29 heavy (non-hydrogen) atoms. The Hall–Kier alpha value is -3.73. The summed E-state index contributed by atoms with van der Waals surface area (Å²) in [5.74, 6) is -1.29. The zero-order valence-electron chi connectivity index (χ0n) is 16.3. The Labute approximate surface area is 169 Å². The molecule has 0 saturated heterocycles. The molecule has 5 nitrogen and oxygen atoms in total. The van der Waals surface area contributed by atoms with E-state index in [1.807, 2.05) is 32.0 Å². The molecule has 0 heterocycles. The van der Waals surface area contributed by atoms with Crippen LogP contribution in [0.1, 0.15) is 42.2 Å². The van der Waals surface area contributed by atoms with Crippen LogP contribution in [-0.2, 0) is 4.74 Å². The maximum atomic E-state index is 12.5. The number of benzene rings is 3. The highest BCUT2D eigenvalue weighted by molar-refractivity contribution is 6.08. The van der Waals surface area contributed by atoms with E-state index in [0.29, 0.717) is 16.8 Å². The third kappa shape index (κ3) is 4.96. The zero-order valence-corrected chi connectivity index (χ0v) is 16.3. The van der Waals surface area contributed by atoms with Crippen molar-refractivity contribution in [3.05, 3.63) is 101 Å². The van der Waals surface area contributed by atoms with E-state index in [9.17, 15) is 14.4 Å². The van der Waals surface area contributed by atoms with Crippen LogP contribution in [-0.4, -0.2) is 24.3 Å². The fourth-order valence-electron chi connectivity index (χ4n) is 2.97. The van der Waals surface area contributed by atoms with Crippen LogP contribution in [0.4, 0.5) is 5.69 Å². The van der Waals surface area contributed by atoms with Gasteiger partial charge in [0.2, 0.25) is 5.78 Å². The number of nitrogens with one attached hydrogen (secondary N) is 1. The van der Waals surface area contributed by atoms with Gasteiger partial charge in [0.1, 0.15) is 0 Å². The van der Waals surface area contributed by atoms with Crippen molar-refractivity contribution in [3.8, 4) is 0 Å². The maximum absolute atomic E-state index is 12.5. The van der Waals surface area contributed by atoms with Crippen LogP contribution in [0.25, 0.3) is 0 Å². The van der Waals surface area contributed by atoms with Crippen molar-refractivity contribution in [2.24, 2.45) is 0 Å². The summed E-state index contributed by atoms with van der Waals surface area (Å²) in [5, 5.41) is 2.72. The Bertz CT molecular complexity index is 1060. The van der Waals surface area contributed by atoms with Gasteiger partial charge < -0.3 is 10.1 Å². The third-order valence-corrected chi connectivity index (χ3v) is 4.45. The number of carbonyl (C=O) groups excluding carboxylic acids is 3. The van der Waals surface area contributed by atoms with Gasteiger partial charge in [0, 0.05) is 11.1 Å². The van der Waals surface area contributed by atoms with Crippen LogP contribution in [0, 0.1) is 13.8 Å². The fourth-order valence-corrected chi connectivity index (χ4v) is 2.97. The van der Waals surface area contributed by atoms with Gasteiger partial charge in [-0.05, 0) is 43.7 Å². The molecule has 0 unspecified atom stereocenters. The molecule has 0 aliphatic rings. The van der Waals surface area contributed by atoms with Gasteiger partial charge in [0.05, 0.1) is 11.3 Å². The van der Waals surface area contributed by atoms with E-state index in [2.05, 4.69) is 5.32 Å². The average molecular weight is 387 g/mol. The van der Waals surface area contributed by atoms with Gasteiger partial charge in [-0.1, -0.05) is 54.1 Å². The molecule has 0 fully saturated rings. The molecule has 0 aliphatic heterocycles. The Morgan fingerprint density at radius 1 is 0.828 bits per heavy atom. The summed E-state index contributed by atoms with van der Waals surface area (Å²) in [5.41, 5.74) is 3.39. The molecule has 0 bridgehead atoms. The monoisotopic (exact) mass is 387 g/mol. The summed E-state index contributed by atoms with van der Waals surface area (Å²) in [4.78, 5) is 37.3. The summed E-state index contributed by atoms with van der Waals surface area (Å²) in [6, 6.07) is 20.7. The van der Waals surface area contributed by atoms with Crippen molar-refractivity contribution < 1.29 is 19.1 Å². The van der Waals surface area contributed by atoms with Gasteiger partial charge in [0.25, 0.3) is 5.91 Å². The van der Waals surface area contributed by atoms with Gasteiger partial charge in [-0.3, -0.25) is 9.59 Å². The number of ketones is 1. The van der Waals surface area contributed by atoms with Crippen molar-refractivity contribution in [2.75, 3.05) is 11.9 Å². The van der Waals surface area contributed by atoms with E-state index in [1.165, 1.54) is 0 Å². The van der Waals surface area contributed by atoms with Crippen LogP contribution in [0.2, 0.25) is 0 Å². The number of Topliss-reactive ketones (excluding diaryl/α,β-unsaturated/α-hetero) is 1. The molecule has 3 rings (SSSR count). The van der Waals surface area contributed by atoms with E-state index in [4.69, 9.17) is 4.74 Å². The summed E-state index contributed by atoms with van der Waals surface area (Å²) in [6.45, 7) is 3.42. The van der Waals surface area contributed by atoms with Crippen LogP contribution < -0.4 is 5.32 Å². The van der Waals surface area contributed by atoms with Gasteiger partial charge >= 0.3 is 5.97 Å². The van der Waals surface area contributed by atoms with Gasteiger partial charge in [-0.15, -0.1) is 0 Å². The minimum absolute atomic E-state index is 0.185. The van der Waals surface area contributed by atoms with Crippen LogP contribution in [0.3, 0.4) is 0 Å². The lowest BCUT2D eigenvalue weighted by Crippen LogP contribution is -2.18. The van der Waals surface area contributed by atoms with Crippen LogP contribution in [0.5, 0.6) is 0 Å². The Morgan fingerprint density at radius 3 is 2.24 bits per heavy atom. The van der Waals surface area contributed by atoms with Crippen molar-refractivity contribution in [2.45, 2.75) is 13.8 Å². The molecule has 3 aromatic carbocycles. The lowest BCUT2D eigenvalue weighted by molar-refractivity contribution is 0.0475. The second-order valence-corrected chi connectivity index (χ2v) is 6.68. The first-order valence-electron chi connectivity index (χ1n) is 9.18. The van der Waals surface area contributed by atoms with E-state index >= 15 is 0 Å². The summed E-state index contributed by atoms with van der Waals surface area (Å²) in [7, 11) is 0. The summed E-state index contributed by atoms with van der Waals surface area (Å²) in [6.07, 6.45) is 0. The van der Waals surface area contributed by atoms with E-state index in [1.54, 1.807) is 54.6 Å². The first-order chi connectivity index (χ1) is 14.0. The SMILES string of the molecule is Cc1ccc(C(=O)COC(=O)c2ccccc2NC(=O)c2ccccc2)c(C)c1. The topological polar surface area (TPSA) is 72.5 Å². The molecule has 1 amide bonds. The molecule has 3 aromatic rings. The van der Waals surface area contributed by atoms with E-state index < -0.39 is 5.97 Å².